The second-order valence-corrected chi connectivity index (χ2v) is 6.20. The first-order valence-corrected chi connectivity index (χ1v) is 8.24. The minimum Gasteiger partial charge on any atom is -0.491 e. The van der Waals surface area contributed by atoms with Gasteiger partial charge in [-0.05, 0) is 56.3 Å². The quantitative estimate of drug-likeness (QED) is 0.793. The molecule has 0 amide bonds. The van der Waals surface area contributed by atoms with Crippen LogP contribution >= 0.6 is 0 Å². The van der Waals surface area contributed by atoms with Crippen LogP contribution in [0.15, 0.2) is 48.5 Å². The van der Waals surface area contributed by atoms with Gasteiger partial charge in [-0.3, -0.25) is 0 Å². The number of hydrogen-bond acceptors (Lipinski definition) is 2. The lowest BCUT2D eigenvalue weighted by Crippen LogP contribution is -2.17. The van der Waals surface area contributed by atoms with Gasteiger partial charge in [-0.15, -0.1) is 0 Å². The van der Waals surface area contributed by atoms with Gasteiger partial charge < -0.3 is 10.5 Å². The van der Waals surface area contributed by atoms with Gasteiger partial charge in [0.25, 0.3) is 0 Å². The van der Waals surface area contributed by atoms with Crippen molar-refractivity contribution in [3.05, 3.63) is 65.5 Å². The molecular weight excluding hydrogens is 289 g/mol. The van der Waals surface area contributed by atoms with Crippen molar-refractivity contribution in [2.45, 2.75) is 45.1 Å². The normalized spacial score (nSPS) is 13.8. The molecule has 2 N–H and O–H groups in total. The zero-order valence-corrected chi connectivity index (χ0v) is 14.1. The highest BCUT2D eigenvalue weighted by Crippen LogP contribution is 2.40. The Morgan fingerprint density at radius 3 is 2.30 bits per heavy atom. The summed E-state index contributed by atoms with van der Waals surface area (Å²) < 4.78 is 20.4. The number of benzene rings is 2. The molecule has 0 spiro atoms. The van der Waals surface area contributed by atoms with Crippen molar-refractivity contribution in [1.82, 2.24) is 0 Å². The van der Waals surface area contributed by atoms with Crippen molar-refractivity contribution in [2.24, 2.45) is 5.73 Å². The van der Waals surface area contributed by atoms with Crippen LogP contribution in [-0.2, 0) is 0 Å². The van der Waals surface area contributed by atoms with Crippen LogP contribution in [0.1, 0.15) is 50.2 Å². The summed E-state index contributed by atoms with van der Waals surface area (Å²) in [5, 5.41) is 0. The largest absolute Gasteiger partial charge is 0.491 e. The third-order valence-corrected chi connectivity index (χ3v) is 4.14. The van der Waals surface area contributed by atoms with Crippen molar-refractivity contribution in [1.29, 1.82) is 0 Å². The van der Waals surface area contributed by atoms with E-state index in [1.54, 1.807) is 6.07 Å². The molecule has 2 aromatic rings. The molecule has 2 atom stereocenters. The Morgan fingerprint density at radius 1 is 1.00 bits per heavy atom. The number of halogens is 1. The van der Waals surface area contributed by atoms with E-state index in [0.717, 1.165) is 6.42 Å². The molecule has 2 rings (SSSR count). The molecule has 0 bridgehead atoms. The SMILES string of the molecule is CC(C)Oc1cccc(F)c1C(C)C(CCN)c1ccccc1. The van der Waals surface area contributed by atoms with Crippen LogP contribution in [-0.4, -0.2) is 12.6 Å². The Balaban J connectivity index is 2.42. The summed E-state index contributed by atoms with van der Waals surface area (Å²) in [6, 6.07) is 15.2. The van der Waals surface area contributed by atoms with Crippen molar-refractivity contribution >= 4 is 0 Å². The van der Waals surface area contributed by atoms with E-state index in [1.807, 2.05) is 38.1 Å². The minimum atomic E-state index is -0.214. The standard InChI is InChI=1S/C20H26FNO/c1-14(2)23-19-11-7-10-18(21)20(19)15(3)17(12-13-22)16-8-5-4-6-9-16/h4-11,14-15,17H,12-13,22H2,1-3H3. The molecule has 0 radical (unpaired) electrons. The number of nitrogens with two attached hydrogens (primary N) is 1. The van der Waals surface area contributed by atoms with E-state index in [1.165, 1.54) is 11.6 Å². The molecule has 23 heavy (non-hydrogen) atoms. The van der Waals surface area contributed by atoms with Crippen molar-refractivity contribution < 1.29 is 9.13 Å². The van der Waals surface area contributed by atoms with Crippen LogP contribution in [0.25, 0.3) is 0 Å². The first-order chi connectivity index (χ1) is 11.0. The number of hydrogen-bond donors (Lipinski definition) is 1. The van der Waals surface area contributed by atoms with Gasteiger partial charge in [0.2, 0.25) is 0 Å². The van der Waals surface area contributed by atoms with Crippen molar-refractivity contribution in [2.75, 3.05) is 6.54 Å². The molecular formula is C20H26FNO. The summed E-state index contributed by atoms with van der Waals surface area (Å²) >= 11 is 0. The Hall–Kier alpha value is -1.87. The molecule has 0 aliphatic carbocycles. The van der Waals surface area contributed by atoms with Crippen LogP contribution in [0, 0.1) is 5.82 Å². The molecule has 0 aromatic heterocycles. The molecule has 0 aliphatic heterocycles. The average Bonchev–Trinajstić information content (AvgIpc) is 2.52. The fraction of sp³-hybridized carbons (Fsp3) is 0.400. The van der Waals surface area contributed by atoms with Gasteiger partial charge in [0.15, 0.2) is 0 Å². The molecule has 2 aromatic carbocycles. The highest BCUT2D eigenvalue weighted by atomic mass is 19.1. The van der Waals surface area contributed by atoms with E-state index in [4.69, 9.17) is 10.5 Å². The molecule has 3 heteroatoms. The molecule has 124 valence electrons. The third kappa shape index (κ3) is 4.32. The zero-order valence-electron chi connectivity index (χ0n) is 14.1. The second kappa shape index (κ2) is 8.11. The second-order valence-electron chi connectivity index (χ2n) is 6.20. The predicted molar refractivity (Wildman–Crippen MR) is 93.4 cm³/mol. The first-order valence-electron chi connectivity index (χ1n) is 8.24. The van der Waals surface area contributed by atoms with Gasteiger partial charge in [-0.25, -0.2) is 4.39 Å². The highest BCUT2D eigenvalue weighted by molar-refractivity contribution is 5.40. The predicted octanol–water partition coefficient (Wildman–Crippen LogP) is 4.85. The van der Waals surface area contributed by atoms with E-state index >= 15 is 0 Å². The summed E-state index contributed by atoms with van der Waals surface area (Å²) in [7, 11) is 0. The Morgan fingerprint density at radius 2 is 1.70 bits per heavy atom. The Kier molecular flexibility index (Phi) is 6.17. The lowest BCUT2D eigenvalue weighted by atomic mass is 9.80. The van der Waals surface area contributed by atoms with Gasteiger partial charge in [-0.2, -0.15) is 0 Å². The van der Waals surface area contributed by atoms with Crippen molar-refractivity contribution in [3.63, 3.8) is 0 Å². The van der Waals surface area contributed by atoms with E-state index in [9.17, 15) is 4.39 Å². The maximum atomic E-state index is 14.6. The molecule has 0 fully saturated rings. The molecule has 0 aliphatic rings. The zero-order chi connectivity index (χ0) is 16.8. The summed E-state index contributed by atoms with van der Waals surface area (Å²) in [4.78, 5) is 0. The van der Waals surface area contributed by atoms with Crippen LogP contribution in [0.5, 0.6) is 5.75 Å². The van der Waals surface area contributed by atoms with Crippen LogP contribution in [0.3, 0.4) is 0 Å². The highest BCUT2D eigenvalue weighted by Gasteiger charge is 2.26. The lowest BCUT2D eigenvalue weighted by Gasteiger charge is -2.27. The number of ether oxygens (including phenoxy) is 1. The third-order valence-electron chi connectivity index (χ3n) is 4.14. The fourth-order valence-corrected chi connectivity index (χ4v) is 3.10. The van der Waals surface area contributed by atoms with Gasteiger partial charge in [0, 0.05) is 5.56 Å². The maximum Gasteiger partial charge on any atom is 0.130 e. The lowest BCUT2D eigenvalue weighted by molar-refractivity contribution is 0.236. The van der Waals surface area contributed by atoms with Gasteiger partial charge in [0.05, 0.1) is 6.10 Å². The monoisotopic (exact) mass is 315 g/mol. The van der Waals surface area contributed by atoms with E-state index in [0.29, 0.717) is 17.9 Å². The minimum absolute atomic E-state index is 0.00688. The van der Waals surface area contributed by atoms with Crippen molar-refractivity contribution in [3.8, 4) is 5.75 Å². The van der Waals surface area contributed by atoms with E-state index in [2.05, 4.69) is 19.1 Å². The molecule has 2 nitrogen and oxygen atoms in total. The Labute approximate surface area is 138 Å². The molecule has 0 saturated carbocycles. The average molecular weight is 315 g/mol. The molecule has 2 unspecified atom stereocenters. The summed E-state index contributed by atoms with van der Waals surface area (Å²) in [5.74, 6) is 0.558. The van der Waals surface area contributed by atoms with Gasteiger partial charge in [0.1, 0.15) is 11.6 Å². The molecule has 0 saturated heterocycles. The maximum absolute atomic E-state index is 14.6. The van der Waals surface area contributed by atoms with Crippen LogP contribution in [0.2, 0.25) is 0 Å². The topological polar surface area (TPSA) is 35.2 Å². The van der Waals surface area contributed by atoms with E-state index < -0.39 is 0 Å². The first kappa shape index (κ1) is 17.5. The summed E-state index contributed by atoms with van der Waals surface area (Å²) in [6.45, 7) is 6.53. The molecule has 0 heterocycles. The fourth-order valence-electron chi connectivity index (χ4n) is 3.10. The number of rotatable bonds is 7. The van der Waals surface area contributed by atoms with Gasteiger partial charge in [-0.1, -0.05) is 43.3 Å². The van der Waals surface area contributed by atoms with E-state index in [-0.39, 0.29) is 23.8 Å². The Bertz CT molecular complexity index is 612. The smallest absolute Gasteiger partial charge is 0.130 e. The summed E-state index contributed by atoms with van der Waals surface area (Å²) in [5.41, 5.74) is 7.64. The van der Waals surface area contributed by atoms with Crippen LogP contribution in [0.4, 0.5) is 4.39 Å². The van der Waals surface area contributed by atoms with Gasteiger partial charge >= 0.3 is 0 Å². The van der Waals surface area contributed by atoms with Crippen LogP contribution < -0.4 is 10.5 Å². The summed E-state index contributed by atoms with van der Waals surface area (Å²) in [6.07, 6.45) is 0.813.